The summed E-state index contributed by atoms with van der Waals surface area (Å²) in [6, 6.07) is 39.6. The maximum absolute atomic E-state index is 13.8. The number of hydrogen-bond donors (Lipinski definition) is 0. The fourth-order valence-electron chi connectivity index (χ4n) is 7.03. The largest absolute Gasteiger partial charge is 0.416 e. The van der Waals surface area contributed by atoms with E-state index in [2.05, 4.69) is 54.0 Å². The highest BCUT2D eigenvalue weighted by Gasteiger charge is 2.31. The molecule has 0 saturated carbocycles. The molecule has 0 saturated heterocycles. The molecule has 48 heavy (non-hydrogen) atoms. The van der Waals surface area contributed by atoms with Crippen LogP contribution in [0.25, 0.3) is 66.1 Å². The van der Waals surface area contributed by atoms with Gasteiger partial charge in [-0.15, -0.1) is 0 Å². The summed E-state index contributed by atoms with van der Waals surface area (Å²) in [6.45, 7) is 3.99. The Balaban J connectivity index is 1.53. The summed E-state index contributed by atoms with van der Waals surface area (Å²) in [5.74, 6) is 0. The number of halogens is 3. The lowest BCUT2D eigenvalue weighted by Crippen LogP contribution is -2.05. The lowest BCUT2D eigenvalue weighted by atomic mass is 9.96. The van der Waals surface area contributed by atoms with Crippen LogP contribution in [0.4, 0.5) is 13.2 Å². The van der Waals surface area contributed by atoms with Crippen LogP contribution < -0.4 is 0 Å². The van der Waals surface area contributed by atoms with Crippen molar-refractivity contribution in [3.63, 3.8) is 0 Å². The van der Waals surface area contributed by atoms with Crippen molar-refractivity contribution in [3.8, 4) is 34.6 Å². The van der Waals surface area contributed by atoms with Gasteiger partial charge in [-0.25, -0.2) is 0 Å². The summed E-state index contributed by atoms with van der Waals surface area (Å²) in [7, 11) is 0. The van der Waals surface area contributed by atoms with Crippen molar-refractivity contribution >= 4 is 43.6 Å². The second kappa shape index (κ2) is 10.6. The molecule has 0 N–H and O–H groups in total. The van der Waals surface area contributed by atoms with Crippen LogP contribution in [-0.2, 0) is 6.18 Å². The average molecular weight is 631 g/mol. The Labute approximate surface area is 273 Å². The Morgan fingerprint density at radius 2 is 1.15 bits per heavy atom. The van der Waals surface area contributed by atoms with Gasteiger partial charge in [-0.05, 0) is 91.7 Å². The lowest BCUT2D eigenvalue weighted by molar-refractivity contribution is -0.137. The van der Waals surface area contributed by atoms with Crippen molar-refractivity contribution in [2.24, 2.45) is 0 Å². The molecule has 6 aromatic carbocycles. The third-order valence-electron chi connectivity index (χ3n) is 9.06. The number of benzene rings is 6. The van der Waals surface area contributed by atoms with Crippen LogP contribution in [0.2, 0.25) is 0 Å². The zero-order valence-corrected chi connectivity index (χ0v) is 25.9. The third kappa shape index (κ3) is 4.44. The van der Waals surface area contributed by atoms with Crippen LogP contribution in [0.5, 0.6) is 0 Å². The molecule has 2 heterocycles. The zero-order valence-electron chi connectivity index (χ0n) is 25.9. The third-order valence-corrected chi connectivity index (χ3v) is 9.06. The summed E-state index contributed by atoms with van der Waals surface area (Å²) in [5, 5.41) is 23.9. The summed E-state index contributed by atoms with van der Waals surface area (Å²) in [4.78, 5) is 0. The normalized spacial score (nSPS) is 11.8. The van der Waals surface area contributed by atoms with Crippen LogP contribution in [0.3, 0.4) is 0 Å². The van der Waals surface area contributed by atoms with Gasteiger partial charge in [0.1, 0.15) is 6.07 Å². The van der Waals surface area contributed by atoms with Crippen molar-refractivity contribution in [3.05, 3.63) is 143 Å². The Morgan fingerprint density at radius 1 is 0.542 bits per heavy atom. The maximum atomic E-state index is 13.8. The molecule has 0 spiro atoms. The standard InChI is InChI=1S/C41H25F3N4/c1-24-11-13-37-33(17-24)30-7-3-6-10-36(30)48(37)40-19-28(23-46)39(21-32(40)27-16-25(2)15-26(18-27)22-45)47-35-9-5-4-8-31(35)34-20-29(41(42,43)44)12-14-38(34)47/h3-21H,1-2H3. The highest BCUT2D eigenvalue weighted by Crippen LogP contribution is 2.42. The molecule has 4 nitrogen and oxygen atoms in total. The van der Waals surface area contributed by atoms with E-state index >= 15 is 0 Å². The summed E-state index contributed by atoms with van der Waals surface area (Å²) >= 11 is 0. The van der Waals surface area contributed by atoms with Crippen molar-refractivity contribution in [2.45, 2.75) is 20.0 Å². The first kappa shape index (κ1) is 29.1. The highest BCUT2D eigenvalue weighted by molar-refractivity contribution is 6.11. The molecular formula is C41H25F3N4. The number of aryl methyl sites for hydroxylation is 2. The van der Waals surface area contributed by atoms with Gasteiger partial charge in [0.05, 0.1) is 56.2 Å². The van der Waals surface area contributed by atoms with Gasteiger partial charge in [0.2, 0.25) is 0 Å². The van der Waals surface area contributed by atoms with Gasteiger partial charge in [0.25, 0.3) is 0 Å². The molecule has 0 aliphatic heterocycles. The number of nitriles is 2. The van der Waals surface area contributed by atoms with E-state index in [1.807, 2.05) is 66.1 Å². The van der Waals surface area contributed by atoms with Gasteiger partial charge < -0.3 is 9.13 Å². The van der Waals surface area contributed by atoms with E-state index in [0.717, 1.165) is 55.8 Å². The molecule has 8 aromatic rings. The van der Waals surface area contributed by atoms with E-state index in [4.69, 9.17) is 0 Å². The van der Waals surface area contributed by atoms with Gasteiger partial charge in [0.15, 0.2) is 0 Å². The second-order valence-electron chi connectivity index (χ2n) is 12.2. The topological polar surface area (TPSA) is 57.4 Å². The smallest absolute Gasteiger partial charge is 0.309 e. The molecule has 230 valence electrons. The molecule has 0 unspecified atom stereocenters. The molecule has 8 rings (SSSR count). The minimum absolute atomic E-state index is 0.350. The van der Waals surface area contributed by atoms with Gasteiger partial charge in [-0.3, -0.25) is 0 Å². The van der Waals surface area contributed by atoms with Gasteiger partial charge in [-0.2, -0.15) is 23.7 Å². The summed E-state index contributed by atoms with van der Waals surface area (Å²) in [6.07, 6.45) is -4.51. The van der Waals surface area contributed by atoms with Crippen molar-refractivity contribution in [1.82, 2.24) is 9.13 Å². The Hall–Kier alpha value is -6.31. The molecule has 0 bridgehead atoms. The highest BCUT2D eigenvalue weighted by atomic mass is 19.4. The Kier molecular flexibility index (Phi) is 6.44. The number of para-hydroxylation sites is 2. The minimum Gasteiger partial charge on any atom is -0.309 e. The quantitative estimate of drug-likeness (QED) is 0.195. The maximum Gasteiger partial charge on any atom is 0.416 e. The molecule has 7 heteroatoms. The Morgan fingerprint density at radius 3 is 1.79 bits per heavy atom. The minimum atomic E-state index is -4.51. The first-order chi connectivity index (χ1) is 23.2. The molecule has 0 amide bonds. The Bertz CT molecular complexity index is 2710. The number of rotatable bonds is 3. The molecule has 2 aromatic heterocycles. The molecule has 0 atom stereocenters. The van der Waals surface area contributed by atoms with E-state index in [0.29, 0.717) is 38.6 Å². The van der Waals surface area contributed by atoms with Crippen LogP contribution >= 0.6 is 0 Å². The van der Waals surface area contributed by atoms with Gasteiger partial charge in [-0.1, -0.05) is 54.1 Å². The molecule has 0 fully saturated rings. The van der Waals surface area contributed by atoms with Crippen LogP contribution in [-0.4, -0.2) is 9.13 Å². The fraction of sp³-hybridized carbons (Fsp3) is 0.0732. The van der Waals surface area contributed by atoms with Crippen LogP contribution in [0.15, 0.2) is 115 Å². The van der Waals surface area contributed by atoms with Crippen molar-refractivity contribution in [1.29, 1.82) is 10.5 Å². The monoisotopic (exact) mass is 630 g/mol. The molecule has 0 aliphatic rings. The van der Waals surface area contributed by atoms with Crippen molar-refractivity contribution < 1.29 is 13.2 Å². The first-order valence-electron chi connectivity index (χ1n) is 15.4. The number of nitrogens with zero attached hydrogens (tertiary/aromatic N) is 4. The predicted molar refractivity (Wildman–Crippen MR) is 184 cm³/mol. The number of hydrogen-bond acceptors (Lipinski definition) is 2. The average Bonchev–Trinajstić information content (AvgIpc) is 3.59. The van der Waals surface area contributed by atoms with E-state index in [1.54, 1.807) is 12.1 Å². The second-order valence-corrected chi connectivity index (χ2v) is 12.2. The summed E-state index contributed by atoms with van der Waals surface area (Å²) in [5.41, 5.74) is 8.11. The van der Waals surface area contributed by atoms with Crippen molar-refractivity contribution in [2.75, 3.05) is 0 Å². The van der Waals surface area contributed by atoms with Gasteiger partial charge in [0, 0.05) is 27.1 Å². The number of aromatic nitrogens is 2. The lowest BCUT2D eigenvalue weighted by Gasteiger charge is -2.19. The zero-order chi connectivity index (χ0) is 33.3. The van der Waals surface area contributed by atoms with E-state index in [9.17, 15) is 23.7 Å². The van der Waals surface area contributed by atoms with Crippen LogP contribution in [0, 0.1) is 36.5 Å². The molecule has 0 aliphatic carbocycles. The van der Waals surface area contributed by atoms with Crippen LogP contribution in [0.1, 0.15) is 27.8 Å². The molecule has 0 radical (unpaired) electrons. The fourth-order valence-corrected chi connectivity index (χ4v) is 7.03. The van der Waals surface area contributed by atoms with E-state index in [-0.39, 0.29) is 0 Å². The van der Waals surface area contributed by atoms with E-state index in [1.165, 1.54) is 12.1 Å². The molecular weight excluding hydrogens is 605 g/mol. The van der Waals surface area contributed by atoms with Gasteiger partial charge >= 0.3 is 6.18 Å². The number of fused-ring (bicyclic) bond motifs is 6. The SMILES string of the molecule is Cc1cc(C#N)cc(-c2cc(-n3c4ccccc4c4cc(C(F)(F)F)ccc43)c(C#N)cc2-n2c3ccccc3c3cc(C)ccc32)c1. The van der Waals surface area contributed by atoms with E-state index < -0.39 is 11.7 Å². The number of alkyl halides is 3. The summed E-state index contributed by atoms with van der Waals surface area (Å²) < 4.78 is 45.6. The predicted octanol–water partition coefficient (Wildman–Crippen LogP) is 10.9. The first-order valence-corrected chi connectivity index (χ1v) is 15.4.